The first-order valence-corrected chi connectivity index (χ1v) is 11.2. The third-order valence-corrected chi connectivity index (χ3v) is 5.73. The van der Waals surface area contributed by atoms with Crippen LogP contribution >= 0.6 is 15.9 Å². The number of anilines is 1. The predicted octanol–water partition coefficient (Wildman–Crippen LogP) is 5.62. The molecule has 0 atom stereocenters. The zero-order valence-electron chi connectivity index (χ0n) is 18.6. The molecule has 172 valence electrons. The molecule has 3 aromatic carbocycles. The van der Waals surface area contributed by atoms with Gasteiger partial charge in [0.2, 0.25) is 6.79 Å². The quantitative estimate of drug-likeness (QED) is 0.321. The number of amides is 1. The van der Waals surface area contributed by atoms with Crippen molar-refractivity contribution in [3.63, 3.8) is 0 Å². The van der Waals surface area contributed by atoms with Crippen LogP contribution < -0.4 is 24.3 Å². The molecule has 0 saturated carbocycles. The Labute approximate surface area is 205 Å². The number of para-hydroxylation sites is 1. The lowest BCUT2D eigenvalue weighted by molar-refractivity contribution is -0.112. The van der Waals surface area contributed by atoms with Crippen molar-refractivity contribution in [1.82, 2.24) is 0 Å². The fraction of sp³-hybridized carbons (Fsp3) is 0.154. The second-order valence-corrected chi connectivity index (χ2v) is 8.30. The van der Waals surface area contributed by atoms with E-state index in [0.29, 0.717) is 38.7 Å². The maximum absolute atomic E-state index is 12.7. The van der Waals surface area contributed by atoms with Gasteiger partial charge in [-0.05, 0) is 76.0 Å². The Balaban J connectivity index is 1.53. The van der Waals surface area contributed by atoms with Crippen molar-refractivity contribution >= 4 is 33.6 Å². The Hall–Kier alpha value is -3.96. The molecule has 8 heteroatoms. The molecule has 1 heterocycles. The number of nitriles is 1. The monoisotopic (exact) mass is 520 g/mol. The van der Waals surface area contributed by atoms with Gasteiger partial charge < -0.3 is 24.3 Å². The van der Waals surface area contributed by atoms with E-state index < -0.39 is 5.91 Å². The van der Waals surface area contributed by atoms with Crippen molar-refractivity contribution in [2.75, 3.05) is 19.2 Å². The van der Waals surface area contributed by atoms with Crippen molar-refractivity contribution in [2.24, 2.45) is 0 Å². The molecular formula is C26H21BrN2O5. The van der Waals surface area contributed by atoms with Crippen molar-refractivity contribution in [3.8, 4) is 29.1 Å². The zero-order chi connectivity index (χ0) is 24.1. The predicted molar refractivity (Wildman–Crippen MR) is 131 cm³/mol. The van der Waals surface area contributed by atoms with Gasteiger partial charge in [0.15, 0.2) is 23.0 Å². The summed E-state index contributed by atoms with van der Waals surface area (Å²) in [4.78, 5) is 12.7. The van der Waals surface area contributed by atoms with E-state index in [9.17, 15) is 10.1 Å². The van der Waals surface area contributed by atoms with Gasteiger partial charge in [0.05, 0.1) is 11.6 Å². The molecule has 0 spiro atoms. The number of carbonyl (C=O) groups excluding carboxylic acids is 1. The number of aryl methyl sites for hydroxylation is 1. The van der Waals surface area contributed by atoms with Crippen LogP contribution in [0.4, 0.5) is 5.69 Å². The standard InChI is InChI=1S/C26H21BrN2O5/c1-16-5-3-4-6-21(16)29-26(30)19(13-28)9-18-10-20(27)25(24(12-18)31-2)32-14-17-7-8-22-23(11-17)34-15-33-22/h3-12H,14-15H2,1-2H3,(H,29,30)/b19-9-. The zero-order valence-corrected chi connectivity index (χ0v) is 20.1. The highest BCUT2D eigenvalue weighted by atomic mass is 79.9. The van der Waals surface area contributed by atoms with Gasteiger partial charge in [0.1, 0.15) is 18.2 Å². The van der Waals surface area contributed by atoms with Crippen molar-refractivity contribution in [1.29, 1.82) is 5.26 Å². The molecule has 7 nitrogen and oxygen atoms in total. The minimum atomic E-state index is -0.491. The number of carbonyl (C=O) groups is 1. The molecule has 0 radical (unpaired) electrons. The summed E-state index contributed by atoms with van der Waals surface area (Å²) in [5.74, 6) is 1.85. The van der Waals surface area contributed by atoms with E-state index in [1.165, 1.54) is 13.2 Å². The lowest BCUT2D eigenvalue weighted by atomic mass is 10.1. The van der Waals surface area contributed by atoms with Crippen LogP contribution in [0.2, 0.25) is 0 Å². The van der Waals surface area contributed by atoms with Crippen molar-refractivity contribution < 1.29 is 23.7 Å². The second-order valence-electron chi connectivity index (χ2n) is 7.45. The molecule has 0 bridgehead atoms. The molecule has 3 aromatic rings. The first kappa shape index (κ1) is 23.2. The third kappa shape index (κ3) is 5.16. The minimum absolute atomic E-state index is 0.0359. The van der Waals surface area contributed by atoms with Crippen LogP contribution in [0.25, 0.3) is 6.08 Å². The highest BCUT2D eigenvalue weighted by Crippen LogP contribution is 2.38. The van der Waals surface area contributed by atoms with E-state index in [4.69, 9.17) is 18.9 Å². The lowest BCUT2D eigenvalue weighted by Crippen LogP contribution is -2.14. The summed E-state index contributed by atoms with van der Waals surface area (Å²) >= 11 is 3.51. The fourth-order valence-corrected chi connectivity index (χ4v) is 3.94. The summed E-state index contributed by atoms with van der Waals surface area (Å²) in [5.41, 5.74) is 3.03. The summed E-state index contributed by atoms with van der Waals surface area (Å²) in [6, 6.07) is 18.4. The van der Waals surface area contributed by atoms with E-state index in [0.717, 1.165) is 11.1 Å². The first-order valence-electron chi connectivity index (χ1n) is 10.4. The number of rotatable bonds is 7. The van der Waals surface area contributed by atoms with Crippen LogP contribution in [0, 0.1) is 18.3 Å². The summed E-state index contributed by atoms with van der Waals surface area (Å²) in [5, 5.41) is 12.3. The third-order valence-electron chi connectivity index (χ3n) is 5.14. The van der Waals surface area contributed by atoms with Crippen LogP contribution in [0.5, 0.6) is 23.0 Å². The van der Waals surface area contributed by atoms with E-state index in [1.54, 1.807) is 18.2 Å². The maximum atomic E-state index is 12.7. The normalized spacial score (nSPS) is 12.1. The van der Waals surface area contributed by atoms with E-state index in [-0.39, 0.29) is 19.0 Å². The van der Waals surface area contributed by atoms with Gasteiger partial charge in [-0.1, -0.05) is 24.3 Å². The van der Waals surface area contributed by atoms with Gasteiger partial charge in [-0.3, -0.25) is 4.79 Å². The summed E-state index contributed by atoms with van der Waals surface area (Å²) < 4.78 is 22.9. The topological polar surface area (TPSA) is 89.8 Å². The highest BCUT2D eigenvalue weighted by Gasteiger charge is 2.16. The molecule has 1 amide bonds. The Kier molecular flexibility index (Phi) is 7.04. The molecule has 0 saturated heterocycles. The number of benzene rings is 3. The summed E-state index contributed by atoms with van der Waals surface area (Å²) in [7, 11) is 1.53. The van der Waals surface area contributed by atoms with Gasteiger partial charge in [-0.25, -0.2) is 0 Å². The van der Waals surface area contributed by atoms with Crippen LogP contribution in [0.15, 0.2) is 64.6 Å². The average molecular weight is 521 g/mol. The largest absolute Gasteiger partial charge is 0.493 e. The molecule has 0 aromatic heterocycles. The van der Waals surface area contributed by atoms with Gasteiger partial charge in [0.25, 0.3) is 5.91 Å². The molecule has 1 N–H and O–H groups in total. The molecule has 0 aliphatic carbocycles. The molecule has 1 aliphatic rings. The van der Waals surface area contributed by atoms with E-state index >= 15 is 0 Å². The Bertz CT molecular complexity index is 1310. The fourth-order valence-electron chi connectivity index (χ4n) is 3.37. The number of fused-ring (bicyclic) bond motifs is 1. The van der Waals surface area contributed by atoms with E-state index in [1.807, 2.05) is 49.4 Å². The van der Waals surface area contributed by atoms with Gasteiger partial charge >= 0.3 is 0 Å². The molecular weight excluding hydrogens is 500 g/mol. The summed E-state index contributed by atoms with van der Waals surface area (Å²) in [6.07, 6.45) is 1.50. The summed E-state index contributed by atoms with van der Waals surface area (Å²) in [6.45, 7) is 2.38. The highest BCUT2D eigenvalue weighted by molar-refractivity contribution is 9.10. The Morgan fingerprint density at radius 2 is 1.97 bits per heavy atom. The van der Waals surface area contributed by atoms with Crippen LogP contribution in [-0.4, -0.2) is 19.8 Å². The number of nitrogens with one attached hydrogen (secondary N) is 1. The van der Waals surface area contributed by atoms with E-state index in [2.05, 4.69) is 21.2 Å². The Morgan fingerprint density at radius 1 is 1.18 bits per heavy atom. The smallest absolute Gasteiger partial charge is 0.266 e. The Morgan fingerprint density at radius 3 is 2.74 bits per heavy atom. The SMILES string of the molecule is COc1cc(/C=C(/C#N)C(=O)Nc2ccccc2C)cc(Br)c1OCc1ccc2c(c1)OCO2. The molecule has 34 heavy (non-hydrogen) atoms. The lowest BCUT2D eigenvalue weighted by Gasteiger charge is -2.14. The number of hydrogen-bond donors (Lipinski definition) is 1. The average Bonchev–Trinajstić information content (AvgIpc) is 3.31. The minimum Gasteiger partial charge on any atom is -0.493 e. The molecule has 4 rings (SSSR count). The maximum Gasteiger partial charge on any atom is 0.266 e. The number of halogens is 1. The first-order chi connectivity index (χ1) is 16.5. The second kappa shape index (κ2) is 10.3. The van der Waals surface area contributed by atoms with Gasteiger partial charge in [-0.2, -0.15) is 5.26 Å². The van der Waals surface area contributed by atoms with Crippen LogP contribution in [-0.2, 0) is 11.4 Å². The molecule has 1 aliphatic heterocycles. The van der Waals surface area contributed by atoms with Gasteiger partial charge in [-0.15, -0.1) is 0 Å². The number of ether oxygens (including phenoxy) is 4. The molecule has 0 fully saturated rings. The van der Waals surface area contributed by atoms with Crippen LogP contribution in [0.3, 0.4) is 0 Å². The van der Waals surface area contributed by atoms with Crippen molar-refractivity contribution in [2.45, 2.75) is 13.5 Å². The van der Waals surface area contributed by atoms with Crippen LogP contribution in [0.1, 0.15) is 16.7 Å². The molecule has 0 unspecified atom stereocenters. The van der Waals surface area contributed by atoms with Gasteiger partial charge in [0, 0.05) is 5.69 Å². The van der Waals surface area contributed by atoms with Crippen molar-refractivity contribution in [3.05, 3.63) is 81.3 Å². The number of hydrogen-bond acceptors (Lipinski definition) is 6. The number of methoxy groups -OCH3 is 1. The number of nitrogens with zero attached hydrogens (tertiary/aromatic N) is 1.